The van der Waals surface area contributed by atoms with Crippen LogP contribution in [0, 0.1) is 6.92 Å². The second-order valence-electron chi connectivity index (χ2n) is 5.06. The maximum absolute atomic E-state index is 12.2. The predicted octanol–water partition coefficient (Wildman–Crippen LogP) is 2.18. The third kappa shape index (κ3) is 3.69. The summed E-state index contributed by atoms with van der Waals surface area (Å²) in [7, 11) is 0. The lowest BCUT2D eigenvalue weighted by molar-refractivity contribution is 0.0945. The molecule has 0 spiro atoms. The quantitative estimate of drug-likeness (QED) is 0.787. The molecule has 2 rings (SSSR count). The van der Waals surface area contributed by atoms with Crippen LogP contribution in [0.3, 0.4) is 0 Å². The molecule has 1 amide bonds. The molecule has 21 heavy (non-hydrogen) atoms. The first-order chi connectivity index (χ1) is 9.99. The van der Waals surface area contributed by atoms with Gasteiger partial charge < -0.3 is 16.4 Å². The highest BCUT2D eigenvalue weighted by Gasteiger charge is 2.19. The van der Waals surface area contributed by atoms with E-state index in [1.165, 1.54) is 11.5 Å². The highest BCUT2D eigenvalue weighted by Crippen LogP contribution is 2.27. The Hall–Kier alpha value is -2.15. The van der Waals surface area contributed by atoms with Crippen molar-refractivity contribution < 1.29 is 4.79 Å². The van der Waals surface area contributed by atoms with Crippen LogP contribution in [0.1, 0.15) is 35.3 Å². The first kappa shape index (κ1) is 15.2. The summed E-state index contributed by atoms with van der Waals surface area (Å²) in [5.41, 5.74) is 8.43. The number of hydrogen-bond donors (Lipinski definition) is 3. The molecule has 0 saturated carbocycles. The lowest BCUT2D eigenvalue weighted by Crippen LogP contribution is -2.30. The predicted molar refractivity (Wildman–Crippen MR) is 85.4 cm³/mol. The van der Waals surface area contributed by atoms with Gasteiger partial charge in [0.15, 0.2) is 5.82 Å². The van der Waals surface area contributed by atoms with E-state index in [9.17, 15) is 4.79 Å². The van der Waals surface area contributed by atoms with Crippen LogP contribution < -0.4 is 16.4 Å². The number of carbonyl (C=O) groups is 1. The smallest absolute Gasteiger partial charge is 0.258 e. The minimum absolute atomic E-state index is 0.0465. The molecule has 6 nitrogen and oxygen atoms in total. The molecule has 112 valence electrons. The van der Waals surface area contributed by atoms with Crippen LogP contribution in [-0.2, 0) is 6.54 Å². The Morgan fingerprint density at radius 2 is 2.24 bits per heavy atom. The van der Waals surface area contributed by atoms with E-state index in [4.69, 9.17) is 5.73 Å². The number of carbonyl (C=O) groups excluding carboxylic acids is 1. The summed E-state index contributed by atoms with van der Waals surface area (Å²) in [5.74, 6) is 0.0465. The third-order valence-corrected chi connectivity index (χ3v) is 3.77. The number of aromatic nitrogens is 2. The molecular weight excluding hydrogens is 286 g/mol. The molecule has 0 fully saturated rings. The van der Waals surface area contributed by atoms with Crippen molar-refractivity contribution in [3.8, 4) is 0 Å². The Bertz CT molecular complexity index is 638. The maximum Gasteiger partial charge on any atom is 0.258 e. The van der Waals surface area contributed by atoms with Crippen LogP contribution in [0.5, 0.6) is 0 Å². The molecule has 0 unspecified atom stereocenters. The van der Waals surface area contributed by atoms with Gasteiger partial charge in [0.2, 0.25) is 0 Å². The Balaban J connectivity index is 2.14. The van der Waals surface area contributed by atoms with Gasteiger partial charge in [-0.1, -0.05) is 0 Å². The minimum Gasteiger partial charge on any atom is -0.382 e. The van der Waals surface area contributed by atoms with Crippen LogP contribution in [0.4, 0.5) is 10.8 Å². The van der Waals surface area contributed by atoms with E-state index < -0.39 is 0 Å². The van der Waals surface area contributed by atoms with Gasteiger partial charge in [-0.2, -0.15) is 4.37 Å². The Morgan fingerprint density at radius 3 is 2.90 bits per heavy atom. The number of nitrogen functional groups attached to an aromatic ring is 1. The topological polar surface area (TPSA) is 92.9 Å². The summed E-state index contributed by atoms with van der Waals surface area (Å²) in [6.45, 7) is 6.40. The molecule has 0 aliphatic rings. The number of nitrogens with two attached hydrogens (primary N) is 1. The fourth-order valence-electron chi connectivity index (χ4n) is 1.83. The lowest BCUT2D eigenvalue weighted by Gasteiger charge is -2.11. The third-order valence-electron chi connectivity index (χ3n) is 2.95. The normalized spacial score (nSPS) is 10.7. The number of nitrogens with one attached hydrogen (secondary N) is 2. The molecule has 4 N–H and O–H groups in total. The fraction of sp³-hybridized carbons (Fsp3) is 0.357. The zero-order valence-electron chi connectivity index (χ0n) is 12.3. The standard InChI is InChI=1S/C14H19N5OS/c1-8(2)18-13(20)11-12(15)19-21-14(11)17-7-10-6-16-5-4-9(10)3/h4-6,8,17H,7H2,1-3H3,(H2,15,19)(H,18,20). The van der Waals surface area contributed by atoms with E-state index in [-0.39, 0.29) is 17.8 Å². The van der Waals surface area contributed by atoms with Gasteiger partial charge >= 0.3 is 0 Å². The van der Waals surface area contributed by atoms with Crippen LogP contribution >= 0.6 is 11.5 Å². The van der Waals surface area contributed by atoms with Crippen molar-refractivity contribution in [3.05, 3.63) is 35.2 Å². The minimum atomic E-state index is -0.207. The zero-order chi connectivity index (χ0) is 15.4. The van der Waals surface area contributed by atoms with Crippen molar-refractivity contribution in [3.63, 3.8) is 0 Å². The number of anilines is 2. The van der Waals surface area contributed by atoms with E-state index >= 15 is 0 Å². The summed E-state index contributed by atoms with van der Waals surface area (Å²) in [6.07, 6.45) is 3.56. The number of amides is 1. The van der Waals surface area contributed by atoms with Gasteiger partial charge in [-0.15, -0.1) is 0 Å². The largest absolute Gasteiger partial charge is 0.382 e. The van der Waals surface area contributed by atoms with E-state index in [1.807, 2.05) is 26.8 Å². The van der Waals surface area contributed by atoms with Crippen LogP contribution in [-0.4, -0.2) is 21.3 Å². The summed E-state index contributed by atoms with van der Waals surface area (Å²) >= 11 is 1.19. The molecule has 7 heteroatoms. The van der Waals surface area contributed by atoms with Crippen molar-refractivity contribution >= 4 is 28.3 Å². The number of aryl methyl sites for hydroxylation is 1. The molecule has 0 saturated heterocycles. The fourth-order valence-corrected chi connectivity index (χ4v) is 2.54. The molecule has 2 heterocycles. The van der Waals surface area contributed by atoms with Crippen molar-refractivity contribution in [1.82, 2.24) is 14.7 Å². The van der Waals surface area contributed by atoms with Crippen molar-refractivity contribution in [2.24, 2.45) is 0 Å². The second kappa shape index (κ2) is 6.53. The highest BCUT2D eigenvalue weighted by atomic mass is 32.1. The van der Waals surface area contributed by atoms with E-state index in [1.54, 1.807) is 12.4 Å². The molecule has 0 bridgehead atoms. The molecular formula is C14H19N5OS. The Morgan fingerprint density at radius 1 is 1.48 bits per heavy atom. The second-order valence-corrected chi connectivity index (χ2v) is 5.83. The highest BCUT2D eigenvalue weighted by molar-refractivity contribution is 7.11. The van der Waals surface area contributed by atoms with Crippen molar-refractivity contribution in [1.29, 1.82) is 0 Å². The van der Waals surface area contributed by atoms with E-state index in [2.05, 4.69) is 20.0 Å². The van der Waals surface area contributed by atoms with Gasteiger partial charge in [-0.05, 0) is 49.5 Å². The first-order valence-electron chi connectivity index (χ1n) is 6.68. The summed E-state index contributed by atoms with van der Waals surface area (Å²) < 4.78 is 4.06. The average Bonchev–Trinajstić information content (AvgIpc) is 2.78. The monoisotopic (exact) mass is 305 g/mol. The van der Waals surface area contributed by atoms with Gasteiger partial charge in [-0.25, -0.2) is 0 Å². The number of nitrogens with zero attached hydrogens (tertiary/aromatic N) is 2. The first-order valence-corrected chi connectivity index (χ1v) is 7.45. The summed E-state index contributed by atoms with van der Waals surface area (Å²) in [6, 6.07) is 2.00. The van der Waals surface area contributed by atoms with Crippen LogP contribution in [0.2, 0.25) is 0 Å². The van der Waals surface area contributed by atoms with Gasteiger partial charge in [0.25, 0.3) is 5.91 Å². The number of hydrogen-bond acceptors (Lipinski definition) is 6. The molecule has 0 aromatic carbocycles. The van der Waals surface area contributed by atoms with Crippen molar-refractivity contribution in [2.45, 2.75) is 33.4 Å². The number of pyridine rings is 1. The van der Waals surface area contributed by atoms with E-state index in [0.29, 0.717) is 17.1 Å². The van der Waals surface area contributed by atoms with Crippen molar-refractivity contribution in [2.75, 3.05) is 11.1 Å². The summed E-state index contributed by atoms with van der Waals surface area (Å²) in [5, 5.41) is 6.73. The zero-order valence-corrected chi connectivity index (χ0v) is 13.1. The molecule has 0 aliphatic heterocycles. The molecule has 0 aliphatic carbocycles. The van der Waals surface area contributed by atoms with Gasteiger partial charge in [0, 0.05) is 25.0 Å². The number of rotatable bonds is 5. The maximum atomic E-state index is 12.2. The summed E-state index contributed by atoms with van der Waals surface area (Å²) in [4.78, 5) is 16.3. The SMILES string of the molecule is Cc1ccncc1CNc1snc(N)c1C(=O)NC(C)C. The molecule has 0 radical (unpaired) electrons. The van der Waals surface area contributed by atoms with Crippen LogP contribution in [0.25, 0.3) is 0 Å². The Labute approximate surface area is 128 Å². The lowest BCUT2D eigenvalue weighted by atomic mass is 10.1. The molecule has 2 aromatic rings. The average molecular weight is 305 g/mol. The molecule has 0 atom stereocenters. The van der Waals surface area contributed by atoms with E-state index in [0.717, 1.165) is 11.1 Å². The molecule has 2 aromatic heterocycles. The van der Waals surface area contributed by atoms with Gasteiger partial charge in [-0.3, -0.25) is 9.78 Å². The van der Waals surface area contributed by atoms with Gasteiger partial charge in [0.1, 0.15) is 10.6 Å². The van der Waals surface area contributed by atoms with Gasteiger partial charge in [0.05, 0.1) is 0 Å². The Kier molecular flexibility index (Phi) is 4.74. The van der Waals surface area contributed by atoms with Crippen LogP contribution in [0.15, 0.2) is 18.5 Å².